The summed E-state index contributed by atoms with van der Waals surface area (Å²) >= 11 is 0. The molecule has 0 aliphatic carbocycles. The molecule has 2 unspecified atom stereocenters. The van der Waals surface area contributed by atoms with E-state index in [9.17, 15) is 10.1 Å². The monoisotopic (exact) mass is 322 g/mol. The normalized spacial score (nSPS) is 13.4. The Morgan fingerprint density at radius 3 is 2.45 bits per heavy atom. The zero-order valence-corrected chi connectivity index (χ0v) is 16.7. The summed E-state index contributed by atoms with van der Waals surface area (Å²) in [6, 6.07) is 0. The Morgan fingerprint density at radius 1 is 1.32 bits per heavy atom. The number of hydrogen-bond donors (Lipinski definition) is 0. The predicted molar refractivity (Wildman–Crippen MR) is 77.5 cm³/mol. The summed E-state index contributed by atoms with van der Waals surface area (Å²) in [5.41, 5.74) is -1.03. The van der Waals surface area contributed by atoms with Gasteiger partial charge in [-0.15, -0.1) is 0 Å². The molecule has 122 valence electrons. The van der Waals surface area contributed by atoms with Crippen molar-refractivity contribution in [3.05, 3.63) is 0 Å². The van der Waals surface area contributed by atoms with E-state index in [-0.39, 0.29) is 54.0 Å². The van der Waals surface area contributed by atoms with Gasteiger partial charge in [-0.3, -0.25) is 4.89 Å². The van der Waals surface area contributed by atoms with Crippen molar-refractivity contribution < 1.29 is 54.3 Å². The first-order valence-corrected chi connectivity index (χ1v) is 7.53. The van der Waals surface area contributed by atoms with Gasteiger partial charge in [0.2, 0.25) is 0 Å². The molecule has 0 aliphatic heterocycles. The molecule has 0 N–H and O–H groups in total. The van der Waals surface area contributed by atoms with Gasteiger partial charge in [0.05, 0.1) is 5.92 Å². The maximum atomic E-state index is 11.8. The second kappa shape index (κ2) is 13.4. The molecule has 0 heterocycles. The van der Waals surface area contributed by atoms with E-state index >= 15 is 0 Å². The van der Waals surface area contributed by atoms with Crippen molar-refractivity contribution in [2.75, 3.05) is 6.61 Å². The minimum Gasteiger partial charge on any atom is -0.722 e. The fourth-order valence-electron chi connectivity index (χ4n) is 1.56. The molecule has 0 radical (unpaired) electrons. The van der Waals surface area contributed by atoms with E-state index in [1.807, 2.05) is 13.8 Å². The molecule has 0 aromatic carbocycles. The van der Waals surface area contributed by atoms with E-state index < -0.39 is 5.60 Å². The molecule has 0 amide bonds. The van der Waals surface area contributed by atoms with Crippen molar-refractivity contribution in [2.24, 2.45) is 11.8 Å². The minimum absolute atomic E-state index is 0. The number of carbonyl (C=O) groups is 1. The third-order valence-corrected chi connectivity index (χ3v) is 3.02. The SMILES string of the molecule is CCCCC(CC)C(=O)OOCC(C)C#CC(C)(C)O[O-].[Na+]. The van der Waals surface area contributed by atoms with Crippen LogP contribution in [0.4, 0.5) is 0 Å². The molecule has 22 heavy (non-hydrogen) atoms. The molecule has 0 saturated carbocycles. The van der Waals surface area contributed by atoms with Crippen LogP contribution in [0.2, 0.25) is 0 Å². The molecular weight excluding hydrogens is 295 g/mol. The summed E-state index contributed by atoms with van der Waals surface area (Å²) in [6.07, 6.45) is 3.61. The van der Waals surface area contributed by atoms with Crippen molar-refractivity contribution in [3.63, 3.8) is 0 Å². The van der Waals surface area contributed by atoms with Crippen LogP contribution in [0.25, 0.3) is 0 Å². The fraction of sp³-hybridized carbons (Fsp3) is 0.812. The number of hydrogen-bond acceptors (Lipinski definition) is 5. The number of unbranched alkanes of at least 4 members (excludes halogenated alkanes) is 1. The molecule has 0 bridgehead atoms. The molecular formula is C16H27NaO5. The molecule has 6 heteroatoms. The van der Waals surface area contributed by atoms with Crippen LogP contribution in [-0.4, -0.2) is 18.2 Å². The van der Waals surface area contributed by atoms with Crippen LogP contribution < -0.4 is 34.8 Å². The van der Waals surface area contributed by atoms with Gasteiger partial charge in [0.1, 0.15) is 12.2 Å². The van der Waals surface area contributed by atoms with Crippen LogP contribution in [0.15, 0.2) is 0 Å². The Morgan fingerprint density at radius 2 is 1.95 bits per heavy atom. The quantitative estimate of drug-likeness (QED) is 0.245. The van der Waals surface area contributed by atoms with Gasteiger partial charge < -0.3 is 10.1 Å². The van der Waals surface area contributed by atoms with Crippen molar-refractivity contribution in [1.29, 1.82) is 0 Å². The zero-order chi connectivity index (χ0) is 16.3. The van der Waals surface area contributed by atoms with E-state index in [1.165, 1.54) is 0 Å². The first-order valence-electron chi connectivity index (χ1n) is 7.53. The van der Waals surface area contributed by atoms with Gasteiger partial charge in [0, 0.05) is 5.92 Å². The molecule has 0 spiro atoms. The molecule has 0 rings (SSSR count). The Labute approximate surface area is 156 Å². The fourth-order valence-corrected chi connectivity index (χ4v) is 1.56. The maximum absolute atomic E-state index is 11.8. The van der Waals surface area contributed by atoms with Gasteiger partial charge in [-0.1, -0.05) is 38.5 Å². The Balaban J connectivity index is 0. The van der Waals surface area contributed by atoms with Crippen LogP contribution in [0.3, 0.4) is 0 Å². The van der Waals surface area contributed by atoms with Crippen molar-refractivity contribution in [3.8, 4) is 11.8 Å². The minimum atomic E-state index is -1.03. The molecule has 0 aromatic heterocycles. The summed E-state index contributed by atoms with van der Waals surface area (Å²) < 4.78 is 0. The molecule has 0 aromatic rings. The topological polar surface area (TPSA) is 67.8 Å². The van der Waals surface area contributed by atoms with Crippen LogP contribution in [-0.2, 0) is 19.5 Å². The second-order valence-corrected chi connectivity index (χ2v) is 5.70. The van der Waals surface area contributed by atoms with Crippen LogP contribution >= 0.6 is 0 Å². The first-order chi connectivity index (χ1) is 9.86. The average molecular weight is 322 g/mol. The van der Waals surface area contributed by atoms with E-state index in [0.29, 0.717) is 0 Å². The van der Waals surface area contributed by atoms with Crippen molar-refractivity contribution in [1.82, 2.24) is 0 Å². The smallest absolute Gasteiger partial charge is 0.722 e. The van der Waals surface area contributed by atoms with Crippen LogP contribution in [0.5, 0.6) is 0 Å². The number of rotatable bonds is 9. The molecule has 0 saturated heterocycles. The average Bonchev–Trinajstić information content (AvgIpc) is 2.46. The third kappa shape index (κ3) is 11.5. The van der Waals surface area contributed by atoms with E-state index in [0.717, 1.165) is 25.7 Å². The Kier molecular flexibility index (Phi) is 14.7. The largest absolute Gasteiger partial charge is 1.00 e. The summed E-state index contributed by atoms with van der Waals surface area (Å²) in [5.74, 6) is 4.94. The first kappa shape index (κ1) is 24.2. The molecule has 0 fully saturated rings. The second-order valence-electron chi connectivity index (χ2n) is 5.70. The van der Waals surface area contributed by atoms with Gasteiger partial charge in [0.15, 0.2) is 0 Å². The summed E-state index contributed by atoms with van der Waals surface area (Å²) in [5, 5.41) is 10.4. The van der Waals surface area contributed by atoms with Crippen molar-refractivity contribution >= 4 is 5.97 Å². The van der Waals surface area contributed by atoms with Gasteiger partial charge in [0.25, 0.3) is 0 Å². The maximum Gasteiger partial charge on any atom is 1.00 e. The predicted octanol–water partition coefficient (Wildman–Crippen LogP) is -0.608. The Bertz CT molecular complexity index is 359. The summed E-state index contributed by atoms with van der Waals surface area (Å²) in [6.45, 7) is 9.19. The van der Waals surface area contributed by atoms with Gasteiger partial charge in [-0.2, -0.15) is 4.89 Å². The van der Waals surface area contributed by atoms with Crippen molar-refractivity contribution in [2.45, 2.75) is 65.9 Å². The van der Waals surface area contributed by atoms with Gasteiger partial charge in [-0.25, -0.2) is 4.79 Å². The van der Waals surface area contributed by atoms with E-state index in [4.69, 9.17) is 9.78 Å². The summed E-state index contributed by atoms with van der Waals surface area (Å²) in [4.78, 5) is 25.5. The summed E-state index contributed by atoms with van der Waals surface area (Å²) in [7, 11) is 0. The number of carbonyl (C=O) groups excluding carboxylic acids is 1. The van der Waals surface area contributed by atoms with Gasteiger partial charge in [-0.05, 0) is 33.6 Å². The third-order valence-electron chi connectivity index (χ3n) is 3.02. The Hall–Kier alpha value is -0.0900. The molecule has 2 atom stereocenters. The van der Waals surface area contributed by atoms with Gasteiger partial charge >= 0.3 is 35.5 Å². The van der Waals surface area contributed by atoms with E-state index in [2.05, 4.69) is 23.7 Å². The van der Waals surface area contributed by atoms with Crippen LogP contribution in [0.1, 0.15) is 60.3 Å². The molecule has 5 nitrogen and oxygen atoms in total. The van der Waals surface area contributed by atoms with Crippen LogP contribution in [0, 0.1) is 23.7 Å². The zero-order valence-electron chi connectivity index (χ0n) is 14.7. The van der Waals surface area contributed by atoms with E-state index in [1.54, 1.807) is 13.8 Å². The molecule has 0 aliphatic rings. The standard InChI is InChI=1S/C16H28O5.Na/c1-6-8-9-14(7-2)15(17)20-19-12-13(3)10-11-16(4,5)21-18;/h13-14,18H,6-9,12H2,1-5H3;/q;+1/p-1.